The summed E-state index contributed by atoms with van der Waals surface area (Å²) in [5, 5.41) is 4.26. The fourth-order valence-corrected chi connectivity index (χ4v) is 3.00. The van der Waals surface area contributed by atoms with E-state index in [0.29, 0.717) is 0 Å². The van der Waals surface area contributed by atoms with Crippen LogP contribution in [0.2, 0.25) is 0 Å². The Morgan fingerprint density at radius 2 is 2.20 bits per heavy atom. The van der Waals surface area contributed by atoms with Gasteiger partial charge >= 0.3 is 0 Å². The van der Waals surface area contributed by atoms with Crippen LogP contribution in [-0.2, 0) is 30.0 Å². The molecule has 0 unspecified atom stereocenters. The summed E-state index contributed by atoms with van der Waals surface area (Å²) in [5.41, 5.74) is 7.31. The van der Waals surface area contributed by atoms with Gasteiger partial charge in [0.15, 0.2) is 0 Å². The van der Waals surface area contributed by atoms with Crippen LogP contribution < -0.4 is 10.5 Å². The number of rotatable bonds is 5. The number of hydrogen-bond donors (Lipinski definition) is 2. The SMILES string of the molecule is CCc1nn(C)cc1CNS(=O)(=O)c1cccnc1N. The Morgan fingerprint density at radius 1 is 1.45 bits per heavy atom. The number of anilines is 1. The molecule has 0 aliphatic heterocycles. The van der Waals surface area contributed by atoms with Gasteiger partial charge in [-0.15, -0.1) is 0 Å². The first-order valence-electron chi connectivity index (χ1n) is 6.15. The molecule has 3 N–H and O–H groups in total. The zero-order valence-electron chi connectivity index (χ0n) is 11.4. The Kier molecular flexibility index (Phi) is 4.05. The fraction of sp³-hybridized carbons (Fsp3) is 0.333. The summed E-state index contributed by atoms with van der Waals surface area (Å²) in [6.45, 7) is 2.15. The van der Waals surface area contributed by atoms with Crippen LogP contribution >= 0.6 is 0 Å². The van der Waals surface area contributed by atoms with Crippen molar-refractivity contribution >= 4 is 15.8 Å². The van der Waals surface area contributed by atoms with Gasteiger partial charge in [0.2, 0.25) is 10.0 Å². The van der Waals surface area contributed by atoms with Gasteiger partial charge in [-0.1, -0.05) is 6.92 Å². The van der Waals surface area contributed by atoms with Crippen molar-refractivity contribution in [3.8, 4) is 0 Å². The largest absolute Gasteiger partial charge is 0.383 e. The quantitative estimate of drug-likeness (QED) is 0.833. The van der Waals surface area contributed by atoms with Crippen molar-refractivity contribution in [2.24, 2.45) is 7.05 Å². The minimum atomic E-state index is -3.68. The van der Waals surface area contributed by atoms with Crippen molar-refractivity contribution < 1.29 is 8.42 Å². The van der Waals surface area contributed by atoms with E-state index in [4.69, 9.17) is 5.73 Å². The van der Waals surface area contributed by atoms with E-state index in [1.165, 1.54) is 18.3 Å². The molecular weight excluding hydrogens is 278 g/mol. The second-order valence-corrected chi connectivity index (χ2v) is 6.07. The van der Waals surface area contributed by atoms with Gasteiger partial charge in [-0.2, -0.15) is 5.10 Å². The van der Waals surface area contributed by atoms with Crippen molar-refractivity contribution in [3.63, 3.8) is 0 Å². The first kappa shape index (κ1) is 14.5. The van der Waals surface area contributed by atoms with Crippen molar-refractivity contribution in [2.75, 3.05) is 5.73 Å². The number of hydrogen-bond acceptors (Lipinski definition) is 5. The number of pyridine rings is 1. The molecule has 0 saturated carbocycles. The number of nitrogen functional groups attached to an aromatic ring is 1. The molecule has 0 amide bonds. The molecule has 20 heavy (non-hydrogen) atoms. The van der Waals surface area contributed by atoms with Crippen LogP contribution in [0.5, 0.6) is 0 Å². The minimum Gasteiger partial charge on any atom is -0.383 e. The van der Waals surface area contributed by atoms with Crippen LogP contribution in [-0.4, -0.2) is 23.2 Å². The highest BCUT2D eigenvalue weighted by Gasteiger charge is 2.18. The van der Waals surface area contributed by atoms with E-state index in [9.17, 15) is 8.42 Å². The maximum atomic E-state index is 12.2. The molecule has 2 rings (SSSR count). The summed E-state index contributed by atoms with van der Waals surface area (Å²) in [6, 6.07) is 2.96. The van der Waals surface area contributed by atoms with Gasteiger partial charge in [0, 0.05) is 31.5 Å². The summed E-state index contributed by atoms with van der Waals surface area (Å²) in [7, 11) is -1.88. The van der Waals surface area contributed by atoms with Crippen molar-refractivity contribution in [3.05, 3.63) is 35.8 Å². The summed E-state index contributed by atoms with van der Waals surface area (Å²) in [4.78, 5) is 3.77. The summed E-state index contributed by atoms with van der Waals surface area (Å²) < 4.78 is 28.5. The van der Waals surface area contributed by atoms with Crippen LogP contribution in [0.1, 0.15) is 18.2 Å². The standard InChI is InChI=1S/C12H17N5O2S/c1-3-10-9(8-17(2)16-10)7-15-20(18,19)11-5-4-6-14-12(11)13/h4-6,8,15H,3,7H2,1-2H3,(H2,13,14). The van der Waals surface area contributed by atoms with E-state index < -0.39 is 10.0 Å². The number of aromatic nitrogens is 3. The van der Waals surface area contributed by atoms with Crippen LogP contribution in [0.15, 0.2) is 29.4 Å². The lowest BCUT2D eigenvalue weighted by Crippen LogP contribution is -2.24. The van der Waals surface area contributed by atoms with E-state index >= 15 is 0 Å². The zero-order valence-corrected chi connectivity index (χ0v) is 12.2. The third-order valence-electron chi connectivity index (χ3n) is 2.87. The number of sulfonamides is 1. The molecule has 108 valence electrons. The molecule has 0 aromatic carbocycles. The van der Waals surface area contributed by atoms with E-state index in [2.05, 4.69) is 14.8 Å². The fourth-order valence-electron chi connectivity index (χ4n) is 1.91. The normalized spacial score (nSPS) is 11.7. The molecule has 2 aromatic rings. The maximum Gasteiger partial charge on any atom is 0.244 e. The predicted octanol–water partition coefficient (Wildman–Crippen LogP) is 0.438. The van der Waals surface area contributed by atoms with Gasteiger partial charge in [-0.3, -0.25) is 4.68 Å². The minimum absolute atomic E-state index is 0.0121. The Balaban J connectivity index is 2.20. The first-order valence-corrected chi connectivity index (χ1v) is 7.64. The smallest absolute Gasteiger partial charge is 0.244 e. The molecule has 0 bridgehead atoms. The van der Waals surface area contributed by atoms with E-state index in [-0.39, 0.29) is 17.3 Å². The Bertz CT molecular complexity index is 708. The van der Waals surface area contributed by atoms with Gasteiger partial charge in [0.05, 0.1) is 5.69 Å². The molecule has 2 heterocycles. The van der Waals surface area contributed by atoms with E-state index in [0.717, 1.165) is 17.7 Å². The van der Waals surface area contributed by atoms with Gasteiger partial charge in [-0.05, 0) is 18.6 Å². The lowest BCUT2D eigenvalue weighted by atomic mass is 10.2. The molecule has 0 aliphatic rings. The predicted molar refractivity (Wildman–Crippen MR) is 75.3 cm³/mol. The maximum absolute atomic E-state index is 12.2. The Hall–Kier alpha value is -1.93. The van der Waals surface area contributed by atoms with Crippen LogP contribution in [0.4, 0.5) is 5.82 Å². The number of nitrogens with zero attached hydrogens (tertiary/aromatic N) is 3. The van der Waals surface area contributed by atoms with Gasteiger partial charge in [0.25, 0.3) is 0 Å². The van der Waals surface area contributed by atoms with Gasteiger partial charge in [0.1, 0.15) is 10.7 Å². The number of nitrogens with one attached hydrogen (secondary N) is 1. The summed E-state index contributed by atoms with van der Waals surface area (Å²) in [6.07, 6.45) is 3.99. The Morgan fingerprint density at radius 3 is 2.85 bits per heavy atom. The molecule has 0 fully saturated rings. The lowest BCUT2D eigenvalue weighted by molar-refractivity contribution is 0.581. The molecule has 0 radical (unpaired) electrons. The molecule has 7 nitrogen and oxygen atoms in total. The molecule has 8 heteroatoms. The van der Waals surface area contributed by atoms with Crippen molar-refractivity contribution in [2.45, 2.75) is 24.8 Å². The molecule has 0 aliphatic carbocycles. The second-order valence-electron chi connectivity index (χ2n) is 4.34. The Labute approximate surface area is 117 Å². The van der Waals surface area contributed by atoms with Crippen LogP contribution in [0, 0.1) is 0 Å². The zero-order chi connectivity index (χ0) is 14.8. The summed E-state index contributed by atoms with van der Waals surface area (Å²) >= 11 is 0. The molecule has 0 saturated heterocycles. The highest BCUT2D eigenvalue weighted by molar-refractivity contribution is 7.89. The van der Waals surface area contributed by atoms with E-state index in [1.54, 1.807) is 17.9 Å². The van der Waals surface area contributed by atoms with Gasteiger partial charge < -0.3 is 5.73 Å². The number of nitrogens with two attached hydrogens (primary N) is 1. The average Bonchev–Trinajstić information content (AvgIpc) is 2.77. The highest BCUT2D eigenvalue weighted by Crippen LogP contribution is 2.15. The van der Waals surface area contributed by atoms with Crippen LogP contribution in [0.3, 0.4) is 0 Å². The molecular formula is C12H17N5O2S. The van der Waals surface area contributed by atoms with Crippen LogP contribution in [0.25, 0.3) is 0 Å². The second kappa shape index (κ2) is 5.59. The third kappa shape index (κ3) is 2.97. The summed E-state index contributed by atoms with van der Waals surface area (Å²) in [5.74, 6) is -0.0121. The number of aryl methyl sites for hydroxylation is 2. The molecule has 0 atom stereocenters. The lowest BCUT2D eigenvalue weighted by Gasteiger charge is -2.07. The molecule has 2 aromatic heterocycles. The van der Waals surface area contributed by atoms with E-state index in [1.807, 2.05) is 6.92 Å². The van der Waals surface area contributed by atoms with Crippen molar-refractivity contribution in [1.82, 2.24) is 19.5 Å². The first-order chi connectivity index (χ1) is 9.44. The average molecular weight is 295 g/mol. The highest BCUT2D eigenvalue weighted by atomic mass is 32.2. The third-order valence-corrected chi connectivity index (χ3v) is 4.32. The molecule has 0 spiro atoms. The van der Waals surface area contributed by atoms with Gasteiger partial charge in [-0.25, -0.2) is 18.1 Å². The monoisotopic (exact) mass is 295 g/mol. The topological polar surface area (TPSA) is 103 Å². The van der Waals surface area contributed by atoms with Crippen molar-refractivity contribution in [1.29, 1.82) is 0 Å².